The third-order valence-corrected chi connectivity index (χ3v) is 6.97. The van der Waals surface area contributed by atoms with Gasteiger partial charge in [-0.1, -0.05) is 0 Å². The van der Waals surface area contributed by atoms with Crippen molar-refractivity contribution in [2.75, 3.05) is 28.6 Å². The number of carbonyl (C=O) groups excluding carboxylic acids is 2. The third-order valence-electron chi connectivity index (χ3n) is 6.97. The Hall–Kier alpha value is -5.09. The number of nitrogens with one attached hydrogen (secondary N) is 2. The molecule has 0 radical (unpaired) electrons. The van der Waals surface area contributed by atoms with Gasteiger partial charge in [0.1, 0.15) is 12.0 Å². The highest BCUT2D eigenvalue weighted by atomic mass is 16.3. The lowest BCUT2D eigenvalue weighted by molar-refractivity contribution is 0.101. The van der Waals surface area contributed by atoms with E-state index in [0.29, 0.717) is 16.9 Å². The first-order valence-corrected chi connectivity index (χ1v) is 13.0. The molecule has 3 aromatic carbocycles. The molecule has 10 nitrogen and oxygen atoms in total. The Bertz CT molecular complexity index is 1640. The average Bonchev–Trinajstić information content (AvgIpc) is 3.42. The fraction of sp³-hybridized carbons (Fsp3) is 0.167. The summed E-state index contributed by atoms with van der Waals surface area (Å²) in [6.07, 6.45) is 5.90. The van der Waals surface area contributed by atoms with Crippen LogP contribution in [-0.2, 0) is 0 Å². The van der Waals surface area contributed by atoms with Gasteiger partial charge < -0.3 is 20.6 Å². The van der Waals surface area contributed by atoms with Crippen LogP contribution in [0.3, 0.4) is 0 Å². The quantitative estimate of drug-likeness (QED) is 0.297. The van der Waals surface area contributed by atoms with Gasteiger partial charge in [-0.3, -0.25) is 9.59 Å². The average molecular weight is 534 g/mol. The van der Waals surface area contributed by atoms with Gasteiger partial charge in [-0.25, -0.2) is 14.6 Å². The van der Waals surface area contributed by atoms with Gasteiger partial charge in [0.15, 0.2) is 0 Å². The molecule has 0 atom stereocenters. The Morgan fingerprint density at radius 2 is 1.52 bits per heavy atom. The molecule has 2 aromatic heterocycles. The number of carbonyl (C=O) groups is 2. The van der Waals surface area contributed by atoms with Gasteiger partial charge in [-0.05, 0) is 85.6 Å². The summed E-state index contributed by atoms with van der Waals surface area (Å²) in [5.41, 5.74) is 4.94. The minimum absolute atomic E-state index is 0.188. The standard InChI is InChI=1S/C30H27N7O3/c38-26-12-15-36(16-13-26)24-6-1-20(2-7-24)29(39)35-23-5-10-28-21(17-23)18-33-37(28)25-8-3-22(4-9-25)34-30(40)27-11-14-31-19-32-27/h1-11,14,17-19,26,38H,12-13,15-16H2,(H,34,40)(H,35,39). The van der Waals surface area contributed by atoms with Crippen LogP contribution in [0.15, 0.2) is 91.5 Å². The molecule has 200 valence electrons. The van der Waals surface area contributed by atoms with E-state index in [2.05, 4.69) is 30.6 Å². The van der Waals surface area contributed by atoms with Crippen molar-refractivity contribution in [3.05, 3.63) is 103 Å². The summed E-state index contributed by atoms with van der Waals surface area (Å²) >= 11 is 0. The topological polar surface area (TPSA) is 125 Å². The molecule has 3 N–H and O–H groups in total. The monoisotopic (exact) mass is 533 g/mol. The molecule has 6 rings (SSSR count). The molecule has 10 heteroatoms. The molecule has 2 amide bonds. The predicted molar refractivity (Wildman–Crippen MR) is 153 cm³/mol. The van der Waals surface area contributed by atoms with E-state index in [1.807, 2.05) is 54.6 Å². The molecule has 0 unspecified atom stereocenters. The van der Waals surface area contributed by atoms with E-state index in [1.165, 1.54) is 12.5 Å². The van der Waals surface area contributed by atoms with Crippen molar-refractivity contribution >= 4 is 39.8 Å². The van der Waals surface area contributed by atoms with Gasteiger partial charge in [0.2, 0.25) is 0 Å². The molecule has 1 aliphatic rings. The van der Waals surface area contributed by atoms with Gasteiger partial charge in [0.25, 0.3) is 11.8 Å². The molecule has 5 aromatic rings. The van der Waals surface area contributed by atoms with Crippen molar-refractivity contribution in [1.82, 2.24) is 19.7 Å². The zero-order chi connectivity index (χ0) is 27.5. The Balaban J connectivity index is 1.11. The van der Waals surface area contributed by atoms with Crippen molar-refractivity contribution in [2.24, 2.45) is 0 Å². The van der Waals surface area contributed by atoms with Crippen LogP contribution < -0.4 is 15.5 Å². The summed E-state index contributed by atoms with van der Waals surface area (Å²) in [4.78, 5) is 35.2. The van der Waals surface area contributed by atoms with Gasteiger partial charge in [0, 0.05) is 47.3 Å². The molecule has 40 heavy (non-hydrogen) atoms. The van der Waals surface area contributed by atoms with E-state index < -0.39 is 0 Å². The van der Waals surface area contributed by atoms with Gasteiger partial charge in [-0.15, -0.1) is 0 Å². The van der Waals surface area contributed by atoms with Crippen molar-refractivity contribution in [3.8, 4) is 5.69 Å². The Labute approximate surface area is 230 Å². The number of hydrogen-bond acceptors (Lipinski definition) is 7. The first kappa shape index (κ1) is 25.2. The van der Waals surface area contributed by atoms with Crippen LogP contribution in [-0.4, -0.2) is 55.9 Å². The van der Waals surface area contributed by atoms with Crippen LogP contribution in [0.2, 0.25) is 0 Å². The lowest BCUT2D eigenvalue weighted by Crippen LogP contribution is -2.35. The van der Waals surface area contributed by atoms with Crippen LogP contribution >= 0.6 is 0 Å². The fourth-order valence-corrected chi connectivity index (χ4v) is 4.77. The maximum atomic E-state index is 12.9. The number of amides is 2. The second kappa shape index (κ2) is 11.0. The molecule has 0 aliphatic carbocycles. The number of benzene rings is 3. The van der Waals surface area contributed by atoms with Crippen molar-refractivity contribution in [3.63, 3.8) is 0 Å². The summed E-state index contributed by atoms with van der Waals surface area (Å²) in [5, 5.41) is 20.9. The number of hydrogen-bond donors (Lipinski definition) is 3. The first-order valence-electron chi connectivity index (χ1n) is 13.0. The highest BCUT2D eigenvalue weighted by molar-refractivity contribution is 6.05. The normalized spacial score (nSPS) is 13.8. The highest BCUT2D eigenvalue weighted by Gasteiger charge is 2.18. The highest BCUT2D eigenvalue weighted by Crippen LogP contribution is 2.24. The summed E-state index contributed by atoms with van der Waals surface area (Å²) < 4.78 is 1.80. The number of rotatable bonds is 6. The molecule has 0 saturated carbocycles. The molecular formula is C30H27N7O3. The van der Waals surface area contributed by atoms with E-state index in [-0.39, 0.29) is 23.6 Å². The summed E-state index contributed by atoms with van der Waals surface area (Å²) in [6.45, 7) is 1.62. The van der Waals surface area contributed by atoms with E-state index in [4.69, 9.17) is 0 Å². The van der Waals surface area contributed by atoms with Crippen LogP contribution in [0.4, 0.5) is 17.1 Å². The lowest BCUT2D eigenvalue weighted by atomic mass is 10.1. The number of anilines is 3. The summed E-state index contributed by atoms with van der Waals surface area (Å²) in [6, 6.07) is 22.1. The maximum Gasteiger partial charge on any atom is 0.274 e. The van der Waals surface area contributed by atoms with Gasteiger partial charge in [0.05, 0.1) is 23.5 Å². The van der Waals surface area contributed by atoms with E-state index in [1.54, 1.807) is 29.1 Å². The van der Waals surface area contributed by atoms with E-state index >= 15 is 0 Å². The molecule has 1 fully saturated rings. The van der Waals surface area contributed by atoms with Crippen molar-refractivity contribution < 1.29 is 14.7 Å². The first-order chi connectivity index (χ1) is 19.5. The van der Waals surface area contributed by atoms with Gasteiger partial charge >= 0.3 is 0 Å². The minimum atomic E-state index is -0.312. The largest absolute Gasteiger partial charge is 0.393 e. The maximum absolute atomic E-state index is 12.9. The third kappa shape index (κ3) is 5.38. The number of fused-ring (bicyclic) bond motifs is 1. The second-order valence-corrected chi connectivity index (χ2v) is 9.64. The Kier molecular flexibility index (Phi) is 6.90. The lowest BCUT2D eigenvalue weighted by Gasteiger charge is -2.31. The molecule has 0 spiro atoms. The van der Waals surface area contributed by atoms with Crippen LogP contribution in [0.1, 0.15) is 33.7 Å². The molecule has 1 aliphatic heterocycles. The van der Waals surface area contributed by atoms with Crippen LogP contribution in [0, 0.1) is 0 Å². The number of aliphatic hydroxyl groups is 1. The zero-order valence-electron chi connectivity index (χ0n) is 21.6. The smallest absolute Gasteiger partial charge is 0.274 e. The molecule has 3 heterocycles. The fourth-order valence-electron chi connectivity index (χ4n) is 4.77. The number of piperidine rings is 1. The molecule has 1 saturated heterocycles. The predicted octanol–water partition coefficient (Wildman–Crippen LogP) is 4.28. The summed E-state index contributed by atoms with van der Waals surface area (Å²) in [5.74, 6) is -0.500. The minimum Gasteiger partial charge on any atom is -0.393 e. The Morgan fingerprint density at radius 3 is 2.25 bits per heavy atom. The van der Waals surface area contributed by atoms with Crippen molar-refractivity contribution in [2.45, 2.75) is 18.9 Å². The van der Waals surface area contributed by atoms with E-state index in [9.17, 15) is 14.7 Å². The number of aliphatic hydroxyl groups excluding tert-OH is 1. The van der Waals surface area contributed by atoms with Gasteiger partial charge in [-0.2, -0.15) is 5.10 Å². The van der Waals surface area contributed by atoms with E-state index in [0.717, 1.165) is 48.2 Å². The summed E-state index contributed by atoms with van der Waals surface area (Å²) in [7, 11) is 0. The molecule has 0 bridgehead atoms. The van der Waals surface area contributed by atoms with Crippen molar-refractivity contribution in [1.29, 1.82) is 0 Å². The SMILES string of the molecule is O=C(Nc1ccc2c(cnn2-c2ccc(NC(=O)c3ccncn3)cc2)c1)c1ccc(N2CCC(O)CC2)cc1. The zero-order valence-corrected chi connectivity index (χ0v) is 21.6. The van der Waals surface area contributed by atoms with Crippen LogP contribution in [0.25, 0.3) is 16.6 Å². The second-order valence-electron chi connectivity index (χ2n) is 9.64. The Morgan fingerprint density at radius 1 is 0.825 bits per heavy atom. The number of aromatic nitrogens is 4. The molecular weight excluding hydrogens is 506 g/mol. The van der Waals surface area contributed by atoms with Crippen LogP contribution in [0.5, 0.6) is 0 Å². The number of nitrogens with zero attached hydrogens (tertiary/aromatic N) is 5.